The van der Waals surface area contributed by atoms with Crippen LogP contribution in [0.3, 0.4) is 0 Å². The van der Waals surface area contributed by atoms with Crippen LogP contribution in [0.2, 0.25) is 0 Å². The van der Waals surface area contributed by atoms with E-state index in [4.69, 9.17) is 15.3 Å². The molecular weight excluding hydrogens is 564 g/mol. The first-order chi connectivity index (χ1) is 21.7. The van der Waals surface area contributed by atoms with Gasteiger partial charge in [0.1, 0.15) is 6.10 Å². The van der Waals surface area contributed by atoms with Gasteiger partial charge >= 0.3 is 0 Å². The molecule has 2 atom stereocenters. The van der Waals surface area contributed by atoms with Crippen LogP contribution in [-0.2, 0) is 0 Å². The molecule has 0 bridgehead atoms. The first-order valence-electron chi connectivity index (χ1n) is 19.9. The Bertz CT molecular complexity index is 580. The first kappa shape index (κ1) is 44.8. The molecule has 0 aliphatic rings. The second kappa shape index (κ2) is 32.3. The summed E-state index contributed by atoms with van der Waals surface area (Å²) in [5.41, 5.74) is -1.14. The van der Waals surface area contributed by atoms with Crippen molar-refractivity contribution < 1.29 is 30.6 Å². The Morgan fingerprint density at radius 1 is 0.356 bits per heavy atom. The van der Waals surface area contributed by atoms with Crippen molar-refractivity contribution in [2.24, 2.45) is 0 Å². The van der Waals surface area contributed by atoms with Gasteiger partial charge in [0.05, 0.1) is 12.2 Å². The van der Waals surface area contributed by atoms with Crippen LogP contribution < -0.4 is 0 Å². The van der Waals surface area contributed by atoms with Crippen molar-refractivity contribution in [1.82, 2.24) is 0 Å². The van der Waals surface area contributed by atoms with Crippen molar-refractivity contribution in [1.29, 1.82) is 0 Å². The molecule has 6 heteroatoms. The lowest BCUT2D eigenvalue weighted by Gasteiger charge is -2.32. The van der Waals surface area contributed by atoms with Gasteiger partial charge in [-0.25, -0.2) is 0 Å². The molecule has 0 heterocycles. The Balaban J connectivity index is 3.61. The smallest absolute Gasteiger partial charge is 0.275 e. The molecule has 0 rings (SSSR count). The molecule has 0 aromatic heterocycles. The second-order valence-corrected chi connectivity index (χ2v) is 14.4. The predicted octanol–water partition coefficient (Wildman–Crippen LogP) is 9.98. The number of hydrogen-bond donors (Lipinski definition) is 6. The topological polar surface area (TPSA) is 121 Å². The minimum absolute atomic E-state index is 0.0294. The minimum Gasteiger partial charge on any atom is -0.394 e. The Kier molecular flexibility index (Phi) is 32.1. The highest BCUT2D eigenvalue weighted by molar-refractivity contribution is 4.86. The summed E-state index contributed by atoms with van der Waals surface area (Å²) >= 11 is 0. The van der Waals surface area contributed by atoms with E-state index in [-0.39, 0.29) is 13.0 Å². The van der Waals surface area contributed by atoms with E-state index in [0.29, 0.717) is 19.3 Å². The summed E-state index contributed by atoms with van der Waals surface area (Å²) in [5.74, 6) is -2.50. The van der Waals surface area contributed by atoms with E-state index in [1.54, 1.807) is 0 Å². The van der Waals surface area contributed by atoms with Gasteiger partial charge in [0.2, 0.25) is 0 Å². The Hall–Kier alpha value is -0.240. The molecule has 0 radical (unpaired) electrons. The summed E-state index contributed by atoms with van der Waals surface area (Å²) < 4.78 is 0. The zero-order valence-corrected chi connectivity index (χ0v) is 30.0. The van der Waals surface area contributed by atoms with Crippen molar-refractivity contribution >= 4 is 0 Å². The fourth-order valence-electron chi connectivity index (χ4n) is 6.70. The van der Waals surface area contributed by atoms with Gasteiger partial charge in [-0.2, -0.15) is 0 Å². The normalized spacial score (nSPS) is 14.2. The predicted molar refractivity (Wildman–Crippen MR) is 190 cm³/mol. The average molecular weight is 645 g/mol. The van der Waals surface area contributed by atoms with Gasteiger partial charge in [-0.3, -0.25) is 0 Å². The Morgan fingerprint density at radius 3 is 0.800 bits per heavy atom. The lowest BCUT2D eigenvalue weighted by molar-refractivity contribution is -0.315. The molecule has 0 aromatic rings. The Morgan fingerprint density at radius 2 is 0.578 bits per heavy atom. The van der Waals surface area contributed by atoms with Crippen LogP contribution in [0.15, 0.2) is 0 Å². The molecule has 45 heavy (non-hydrogen) atoms. The molecule has 0 amide bonds. The van der Waals surface area contributed by atoms with E-state index in [0.717, 1.165) is 38.5 Å². The van der Waals surface area contributed by atoms with Crippen molar-refractivity contribution in [3.8, 4) is 0 Å². The molecule has 6 nitrogen and oxygen atoms in total. The fraction of sp³-hybridized carbons (Fsp3) is 1.00. The second-order valence-electron chi connectivity index (χ2n) is 14.4. The lowest BCUT2D eigenvalue weighted by atomic mass is 9.85. The van der Waals surface area contributed by atoms with Crippen molar-refractivity contribution in [2.45, 2.75) is 243 Å². The number of rotatable bonds is 37. The highest BCUT2D eigenvalue weighted by Crippen LogP contribution is 2.27. The van der Waals surface area contributed by atoms with Gasteiger partial charge in [-0.1, -0.05) is 200 Å². The summed E-state index contributed by atoms with van der Waals surface area (Å²) in [4.78, 5) is 0. The summed E-state index contributed by atoms with van der Waals surface area (Å²) in [6, 6.07) is 0. The first-order valence-corrected chi connectivity index (χ1v) is 19.9. The highest BCUT2D eigenvalue weighted by Gasteiger charge is 2.33. The van der Waals surface area contributed by atoms with Crippen LogP contribution in [0.5, 0.6) is 0 Å². The molecule has 2 unspecified atom stereocenters. The van der Waals surface area contributed by atoms with Gasteiger partial charge in [-0.15, -0.1) is 0 Å². The number of aliphatic hydroxyl groups is 6. The van der Waals surface area contributed by atoms with E-state index in [9.17, 15) is 15.3 Å². The fourth-order valence-corrected chi connectivity index (χ4v) is 6.70. The SMILES string of the molecule is CCCCCCCCCCCCCCCCCCC(O)(CCCCCCCCCCCCCCCCCC(O)(O)O)C(O)CO. The standard InChI is InChI=1S/C39H80O6/c1-2-3-4-5-6-7-8-9-10-12-15-18-21-24-27-30-33-38(42,37(41)36-40)34-31-28-25-22-19-16-13-11-14-17-20-23-26-29-32-35-39(43,44)45/h37,40-45H,2-36H2,1H3. The zero-order valence-electron chi connectivity index (χ0n) is 30.0. The van der Waals surface area contributed by atoms with E-state index in [1.165, 1.54) is 154 Å². The third kappa shape index (κ3) is 32.1. The average Bonchev–Trinajstić information content (AvgIpc) is 3.01. The van der Waals surface area contributed by atoms with Gasteiger partial charge in [0, 0.05) is 6.42 Å². The third-order valence-electron chi connectivity index (χ3n) is 9.88. The van der Waals surface area contributed by atoms with Gasteiger partial charge < -0.3 is 30.6 Å². The van der Waals surface area contributed by atoms with Crippen LogP contribution in [0.4, 0.5) is 0 Å². The van der Waals surface area contributed by atoms with Crippen LogP contribution in [0.25, 0.3) is 0 Å². The maximum Gasteiger partial charge on any atom is 0.275 e. The lowest BCUT2D eigenvalue weighted by Crippen LogP contribution is -2.44. The van der Waals surface area contributed by atoms with Crippen LogP contribution in [-0.4, -0.2) is 54.9 Å². The van der Waals surface area contributed by atoms with Crippen molar-refractivity contribution in [2.75, 3.05) is 6.61 Å². The molecule has 0 aliphatic carbocycles. The Labute approximate surface area is 279 Å². The van der Waals surface area contributed by atoms with E-state index in [2.05, 4.69) is 6.92 Å². The number of hydrogen-bond acceptors (Lipinski definition) is 6. The monoisotopic (exact) mass is 645 g/mol. The molecule has 6 N–H and O–H groups in total. The van der Waals surface area contributed by atoms with Crippen LogP contribution >= 0.6 is 0 Å². The van der Waals surface area contributed by atoms with Gasteiger partial charge in [0.15, 0.2) is 0 Å². The van der Waals surface area contributed by atoms with Crippen molar-refractivity contribution in [3.05, 3.63) is 0 Å². The number of unbranched alkanes of at least 4 members (excludes halogenated alkanes) is 29. The molecule has 0 aromatic carbocycles. The van der Waals surface area contributed by atoms with Crippen LogP contribution in [0.1, 0.15) is 225 Å². The highest BCUT2D eigenvalue weighted by atomic mass is 16.7. The molecule has 272 valence electrons. The summed E-state index contributed by atoms with van der Waals surface area (Å²) in [7, 11) is 0. The molecular formula is C39H80O6. The van der Waals surface area contributed by atoms with E-state index >= 15 is 0 Å². The molecule has 0 saturated carbocycles. The van der Waals surface area contributed by atoms with Crippen LogP contribution in [0, 0.1) is 0 Å². The molecule has 0 saturated heterocycles. The van der Waals surface area contributed by atoms with Crippen molar-refractivity contribution in [3.63, 3.8) is 0 Å². The maximum absolute atomic E-state index is 11.1. The van der Waals surface area contributed by atoms with Gasteiger partial charge in [0.25, 0.3) is 5.97 Å². The quantitative estimate of drug-likeness (QED) is 0.0296. The summed E-state index contributed by atoms with van der Waals surface area (Å²) in [5, 5.41) is 57.6. The third-order valence-corrected chi connectivity index (χ3v) is 9.88. The molecule has 0 spiro atoms. The summed E-state index contributed by atoms with van der Waals surface area (Å²) in [6.07, 6.45) is 38.5. The minimum atomic E-state index is -2.50. The molecule has 0 aliphatic heterocycles. The molecule has 0 fully saturated rings. The van der Waals surface area contributed by atoms with E-state index in [1.807, 2.05) is 0 Å². The summed E-state index contributed by atoms with van der Waals surface area (Å²) in [6.45, 7) is 1.91. The largest absolute Gasteiger partial charge is 0.394 e. The van der Waals surface area contributed by atoms with Gasteiger partial charge in [-0.05, 0) is 19.3 Å². The zero-order chi connectivity index (χ0) is 33.3. The van der Waals surface area contributed by atoms with E-state index < -0.39 is 17.7 Å². The maximum atomic E-state index is 11.1. The number of aliphatic hydroxyl groups excluding tert-OH is 2.